The van der Waals surface area contributed by atoms with Gasteiger partial charge in [0.2, 0.25) is 0 Å². The molecule has 0 saturated carbocycles. The molecule has 1 saturated heterocycles. The van der Waals surface area contributed by atoms with E-state index >= 15 is 0 Å². The molecule has 3 aromatic rings. The molecule has 3 heterocycles. The average molecular weight is 378 g/mol. The van der Waals surface area contributed by atoms with E-state index in [1.165, 1.54) is 58.2 Å². The van der Waals surface area contributed by atoms with Gasteiger partial charge in [0, 0.05) is 42.3 Å². The summed E-state index contributed by atoms with van der Waals surface area (Å²) in [4.78, 5) is 29.4. The van der Waals surface area contributed by atoms with Gasteiger partial charge in [-0.15, -0.1) is 11.3 Å². The zero-order valence-electron chi connectivity index (χ0n) is 15.3. The van der Waals surface area contributed by atoms with E-state index in [1.807, 2.05) is 6.07 Å². The number of fused-ring (bicyclic) bond motifs is 7. The van der Waals surface area contributed by atoms with Gasteiger partial charge in [0.1, 0.15) is 4.83 Å². The van der Waals surface area contributed by atoms with Crippen LogP contribution in [0.4, 0.5) is 0 Å². The molecule has 0 N–H and O–H groups in total. The highest BCUT2D eigenvalue weighted by Gasteiger charge is 2.31. The Morgan fingerprint density at radius 3 is 2.48 bits per heavy atom. The number of carbonyl (C=O) groups is 2. The second-order valence-corrected chi connectivity index (χ2v) is 9.12. The summed E-state index contributed by atoms with van der Waals surface area (Å²) in [5.41, 5.74) is 4.64. The molecule has 0 atom stereocenters. The monoisotopic (exact) mass is 378 g/mol. The van der Waals surface area contributed by atoms with E-state index in [9.17, 15) is 9.59 Å². The fraction of sp³-hybridized carbons (Fsp3) is 0.455. The van der Waals surface area contributed by atoms with Crippen LogP contribution in [0, 0.1) is 0 Å². The van der Waals surface area contributed by atoms with Crippen molar-refractivity contribution in [3.8, 4) is 0 Å². The molecule has 5 heteroatoms. The molecule has 1 aromatic carbocycles. The van der Waals surface area contributed by atoms with Gasteiger partial charge in [0.15, 0.2) is 11.6 Å². The SMILES string of the molecule is O=C1CCc2c1ccc1c2c2c3c(sc2n1CCN1CCCC1)C(=O)CC3. The standard InChI is InChI=1S/C22H22N2O2S/c25-17-7-4-14-13(17)3-6-16-19(14)20-15-5-8-18(26)21(15)27-22(20)24(16)12-11-23-9-1-2-10-23/h3,6H,1-2,4-5,7-12H2. The number of benzene rings is 1. The highest BCUT2D eigenvalue weighted by Crippen LogP contribution is 2.45. The molecule has 0 unspecified atom stereocenters. The maximum absolute atomic E-state index is 12.4. The normalized spacial score (nSPS) is 19.7. The topological polar surface area (TPSA) is 42.3 Å². The smallest absolute Gasteiger partial charge is 0.173 e. The predicted octanol–water partition coefficient (Wildman–Crippen LogP) is 4.21. The van der Waals surface area contributed by atoms with E-state index in [0.717, 1.165) is 36.4 Å². The van der Waals surface area contributed by atoms with Crippen molar-refractivity contribution >= 4 is 44.0 Å². The van der Waals surface area contributed by atoms with Crippen LogP contribution in [0.5, 0.6) is 0 Å². The number of likely N-dealkylation sites (tertiary alicyclic amines) is 1. The van der Waals surface area contributed by atoms with Crippen LogP contribution in [0.1, 0.15) is 56.8 Å². The van der Waals surface area contributed by atoms with Crippen LogP contribution < -0.4 is 0 Å². The molecule has 0 spiro atoms. The molecule has 1 aliphatic heterocycles. The van der Waals surface area contributed by atoms with Gasteiger partial charge in [-0.3, -0.25) is 9.59 Å². The van der Waals surface area contributed by atoms with Crippen LogP contribution in [0.2, 0.25) is 0 Å². The lowest BCUT2D eigenvalue weighted by atomic mass is 10.0. The average Bonchev–Trinajstić information content (AvgIpc) is 3.44. The Balaban J connectivity index is 1.59. The van der Waals surface area contributed by atoms with Crippen LogP contribution in [0.25, 0.3) is 21.1 Å². The largest absolute Gasteiger partial charge is 0.331 e. The summed E-state index contributed by atoms with van der Waals surface area (Å²) in [5, 5.41) is 2.55. The number of Topliss-reactive ketones (excluding diaryl/α,β-unsaturated/α-hetero) is 2. The van der Waals surface area contributed by atoms with Crippen LogP contribution in [-0.2, 0) is 19.4 Å². The van der Waals surface area contributed by atoms with E-state index in [4.69, 9.17) is 0 Å². The summed E-state index contributed by atoms with van der Waals surface area (Å²) in [7, 11) is 0. The molecular formula is C22H22N2O2S. The maximum Gasteiger partial charge on any atom is 0.173 e. The molecular weight excluding hydrogens is 356 g/mol. The summed E-state index contributed by atoms with van der Waals surface area (Å²) >= 11 is 1.69. The number of thiophene rings is 1. The lowest BCUT2D eigenvalue weighted by Gasteiger charge is -2.16. The van der Waals surface area contributed by atoms with Crippen molar-refractivity contribution in [1.82, 2.24) is 9.47 Å². The number of nitrogens with zero attached hydrogens (tertiary/aromatic N) is 2. The first kappa shape index (κ1) is 16.0. The molecule has 0 amide bonds. The van der Waals surface area contributed by atoms with Crippen molar-refractivity contribution in [1.29, 1.82) is 0 Å². The Kier molecular flexibility index (Phi) is 3.42. The third-order valence-corrected chi connectivity index (χ3v) is 7.96. The minimum atomic E-state index is 0.271. The van der Waals surface area contributed by atoms with E-state index in [1.54, 1.807) is 11.3 Å². The Morgan fingerprint density at radius 2 is 1.63 bits per heavy atom. The van der Waals surface area contributed by atoms with Crippen molar-refractivity contribution < 1.29 is 9.59 Å². The molecule has 138 valence electrons. The second kappa shape index (κ2) is 5.76. The highest BCUT2D eigenvalue weighted by atomic mass is 32.1. The van der Waals surface area contributed by atoms with Gasteiger partial charge >= 0.3 is 0 Å². The third-order valence-electron chi connectivity index (χ3n) is 6.66. The van der Waals surface area contributed by atoms with Gasteiger partial charge in [-0.05, 0) is 62.0 Å². The number of rotatable bonds is 3. The first-order valence-corrected chi connectivity index (χ1v) is 10.9. The Morgan fingerprint density at radius 1 is 0.852 bits per heavy atom. The first-order valence-electron chi connectivity index (χ1n) is 10.1. The molecule has 1 fully saturated rings. The molecule has 0 bridgehead atoms. The van der Waals surface area contributed by atoms with Crippen LogP contribution >= 0.6 is 11.3 Å². The predicted molar refractivity (Wildman–Crippen MR) is 108 cm³/mol. The van der Waals surface area contributed by atoms with Crippen molar-refractivity contribution in [3.05, 3.63) is 33.7 Å². The number of carbonyl (C=O) groups excluding carboxylic acids is 2. The Hall–Kier alpha value is -1.98. The second-order valence-electron chi connectivity index (χ2n) is 8.12. The van der Waals surface area contributed by atoms with Crippen molar-refractivity contribution in [2.45, 2.75) is 45.1 Å². The van der Waals surface area contributed by atoms with Crippen LogP contribution in [0.15, 0.2) is 12.1 Å². The van der Waals surface area contributed by atoms with Crippen molar-refractivity contribution in [2.24, 2.45) is 0 Å². The van der Waals surface area contributed by atoms with Crippen LogP contribution in [-0.4, -0.2) is 40.7 Å². The van der Waals surface area contributed by atoms with Gasteiger partial charge in [-0.25, -0.2) is 0 Å². The molecule has 0 radical (unpaired) electrons. The molecule has 3 aliphatic rings. The molecule has 4 nitrogen and oxygen atoms in total. The van der Waals surface area contributed by atoms with Crippen LogP contribution in [0.3, 0.4) is 0 Å². The number of aromatic nitrogens is 1. The van der Waals surface area contributed by atoms with Crippen molar-refractivity contribution in [3.63, 3.8) is 0 Å². The fourth-order valence-electron chi connectivity index (χ4n) is 5.33. The summed E-state index contributed by atoms with van der Waals surface area (Å²) in [5.74, 6) is 0.571. The first-order chi connectivity index (χ1) is 13.2. The van der Waals surface area contributed by atoms with E-state index in [2.05, 4.69) is 15.5 Å². The highest BCUT2D eigenvalue weighted by molar-refractivity contribution is 7.21. The maximum atomic E-state index is 12.4. The fourth-order valence-corrected chi connectivity index (χ4v) is 6.69. The summed E-state index contributed by atoms with van der Waals surface area (Å²) in [6, 6.07) is 4.19. The molecule has 2 aromatic heterocycles. The van der Waals surface area contributed by atoms with Gasteiger partial charge in [-0.1, -0.05) is 0 Å². The minimum Gasteiger partial charge on any atom is -0.331 e. The van der Waals surface area contributed by atoms with Gasteiger partial charge in [-0.2, -0.15) is 0 Å². The Bertz CT molecular complexity index is 1130. The van der Waals surface area contributed by atoms with E-state index < -0.39 is 0 Å². The van der Waals surface area contributed by atoms with Crippen molar-refractivity contribution in [2.75, 3.05) is 19.6 Å². The number of ketones is 2. The van der Waals surface area contributed by atoms with Gasteiger partial charge < -0.3 is 9.47 Å². The zero-order chi connectivity index (χ0) is 18.1. The Labute approximate surface area is 161 Å². The lowest BCUT2D eigenvalue weighted by molar-refractivity contribution is 0.0988. The van der Waals surface area contributed by atoms with Gasteiger partial charge in [0.05, 0.1) is 10.4 Å². The quantitative estimate of drug-likeness (QED) is 0.686. The van der Waals surface area contributed by atoms with Gasteiger partial charge in [0.25, 0.3) is 0 Å². The lowest BCUT2D eigenvalue weighted by Crippen LogP contribution is -2.23. The van der Waals surface area contributed by atoms with E-state index in [0.29, 0.717) is 18.6 Å². The molecule has 27 heavy (non-hydrogen) atoms. The number of hydrogen-bond acceptors (Lipinski definition) is 4. The number of hydrogen-bond donors (Lipinski definition) is 0. The molecule has 6 rings (SSSR count). The number of aryl methyl sites for hydroxylation is 2. The summed E-state index contributed by atoms with van der Waals surface area (Å²) in [6.45, 7) is 4.42. The summed E-state index contributed by atoms with van der Waals surface area (Å²) < 4.78 is 2.43. The summed E-state index contributed by atoms with van der Waals surface area (Å²) in [6.07, 6.45) is 5.58. The third kappa shape index (κ3) is 2.18. The molecule has 2 aliphatic carbocycles. The van der Waals surface area contributed by atoms with E-state index in [-0.39, 0.29) is 5.78 Å². The zero-order valence-corrected chi connectivity index (χ0v) is 16.2. The minimum absolute atomic E-state index is 0.271.